The smallest absolute Gasteiger partial charge is 0.0594 e. The maximum absolute atomic E-state index is 5.44. The molecule has 0 atom stereocenters. The van der Waals surface area contributed by atoms with Gasteiger partial charge in [0.05, 0.1) is 13.2 Å². The molecule has 3 aliphatic rings. The van der Waals surface area contributed by atoms with Crippen molar-refractivity contribution >= 4 is 0 Å². The van der Waals surface area contributed by atoms with E-state index in [2.05, 4.69) is 113 Å². The molecule has 3 saturated heterocycles. The standard InChI is InChI=1S/C7H17N3.C7H16N2.C6H14N2O.C6H16N2.C5H14N2.C5H13N.C4H12N2.2C4H11N.C3H9N/c1-9-4-6-10(3-2-8)7-5-9;8-4-7-9-5-2-1-3-6-9;7-1-2-8-3-5-9-6-4-8;1-8(2)6-4-3-5-7;1-7(2)5-3-4-6;1-3-4-5-6-2;1-6(2)4-3-5;1-3-4-5-2;1-2-3-4-5;1-3-4-2/h2-8H2,1H3;1-8H2;1-7H2;3-7H2,1-2H3;3-6H2,1-2H3;6H,3-5H2,1-2H3;3-5H2,1-2H3;5H,3-4H2,1-2H3;2-5H2,1H3;4H,3H2,1-2H3. The molecule has 18 nitrogen and oxygen atoms in total. The Labute approximate surface area is 432 Å². The molecule has 0 aliphatic carbocycles. The van der Waals surface area contributed by atoms with Crippen molar-refractivity contribution in [2.45, 2.75) is 98.3 Å². The number of piperidine rings is 1. The Morgan fingerprint density at radius 3 is 1.07 bits per heavy atom. The second kappa shape index (κ2) is 78.7. The van der Waals surface area contributed by atoms with E-state index in [1.54, 1.807) is 0 Å². The number of nitrogens with one attached hydrogen (secondary N) is 3. The lowest BCUT2D eigenvalue weighted by atomic mass is 10.1. The Bertz CT molecular complexity index is 734. The van der Waals surface area contributed by atoms with Gasteiger partial charge in [0.2, 0.25) is 0 Å². The number of unbranched alkanes of at least 4 members (excludes halogenated alkanes) is 3. The molecule has 0 radical (unpaired) electrons. The van der Waals surface area contributed by atoms with Gasteiger partial charge in [-0.25, -0.2) is 0 Å². The molecule has 3 fully saturated rings. The maximum Gasteiger partial charge on any atom is 0.0594 e. The number of rotatable bonds is 23. The Kier molecular flexibility index (Phi) is 93.9. The third-order valence-corrected chi connectivity index (χ3v) is 10.1. The van der Waals surface area contributed by atoms with E-state index in [1.165, 1.54) is 97.1 Å². The van der Waals surface area contributed by atoms with Gasteiger partial charge in [-0.2, -0.15) is 0 Å². The van der Waals surface area contributed by atoms with Gasteiger partial charge < -0.3 is 85.3 Å². The fourth-order valence-corrected chi connectivity index (χ4v) is 5.67. The summed E-state index contributed by atoms with van der Waals surface area (Å²) in [6.45, 7) is 35.1. The Morgan fingerprint density at radius 1 is 0.406 bits per heavy atom. The number of likely N-dealkylation sites (tertiary alicyclic amines) is 1. The number of morpholine rings is 1. The fraction of sp³-hybridized carbons (Fsp3) is 1.00. The first-order valence-corrected chi connectivity index (χ1v) is 27.4. The SMILES string of the molecule is CCCCN.CCCCNC.CCCNC.CCNC.CN(C)CCCCN.CN(C)CCCN.CN(C)CCN.CN1CCN(CCN)CC1.NCCN1CCCCC1.NCCN1CCOCC1. The first-order chi connectivity index (χ1) is 33.2. The van der Waals surface area contributed by atoms with Crippen LogP contribution in [0.5, 0.6) is 0 Å². The van der Waals surface area contributed by atoms with Crippen LogP contribution in [-0.2, 0) is 4.74 Å². The van der Waals surface area contributed by atoms with E-state index in [9.17, 15) is 0 Å². The molecule has 3 rings (SSSR count). The van der Waals surface area contributed by atoms with Gasteiger partial charge in [0, 0.05) is 91.6 Å². The molecule has 0 unspecified atom stereocenters. The molecular formula is C51H133N17O. The quantitative estimate of drug-likeness (QED) is 0.0646. The third kappa shape index (κ3) is 97.3. The number of likely N-dealkylation sites (N-methyl/N-ethyl adjacent to an activating group) is 2. The number of hydrogen-bond acceptors (Lipinski definition) is 18. The van der Waals surface area contributed by atoms with Crippen molar-refractivity contribution in [1.29, 1.82) is 0 Å². The fourth-order valence-electron chi connectivity index (χ4n) is 5.67. The number of piperazine rings is 1. The summed E-state index contributed by atoms with van der Waals surface area (Å²) in [5, 5.41) is 9.02. The van der Waals surface area contributed by atoms with Crippen LogP contribution in [0.3, 0.4) is 0 Å². The van der Waals surface area contributed by atoms with Gasteiger partial charge in [0.15, 0.2) is 0 Å². The molecular weight excluding hydrogens is 867 g/mol. The van der Waals surface area contributed by atoms with Crippen molar-refractivity contribution in [3.05, 3.63) is 0 Å². The molecule has 0 aromatic rings. The summed E-state index contributed by atoms with van der Waals surface area (Å²) in [6.07, 6.45) is 13.9. The average Bonchev–Trinajstić information content (AvgIpc) is 3.34. The van der Waals surface area contributed by atoms with Crippen molar-refractivity contribution < 1.29 is 4.74 Å². The molecule has 18 heteroatoms. The first kappa shape index (κ1) is 82.3. The lowest BCUT2D eigenvalue weighted by molar-refractivity contribution is 0.0394. The third-order valence-electron chi connectivity index (χ3n) is 10.1. The Hall–Kier alpha value is -0.720. The van der Waals surface area contributed by atoms with Gasteiger partial charge in [-0.1, -0.05) is 47.0 Å². The van der Waals surface area contributed by atoms with Crippen LogP contribution in [0.1, 0.15) is 98.3 Å². The van der Waals surface area contributed by atoms with Gasteiger partial charge >= 0.3 is 0 Å². The van der Waals surface area contributed by atoms with Gasteiger partial charge in [0.1, 0.15) is 0 Å². The van der Waals surface area contributed by atoms with Crippen molar-refractivity contribution in [3.63, 3.8) is 0 Å². The number of nitrogens with two attached hydrogens (primary N) is 7. The highest BCUT2D eigenvalue weighted by Gasteiger charge is 2.12. The molecule has 17 N–H and O–H groups in total. The van der Waals surface area contributed by atoms with Crippen LogP contribution < -0.4 is 56.1 Å². The van der Waals surface area contributed by atoms with Crippen molar-refractivity contribution in [3.8, 4) is 0 Å². The summed E-state index contributed by atoms with van der Waals surface area (Å²) >= 11 is 0. The van der Waals surface area contributed by atoms with Crippen LogP contribution >= 0.6 is 0 Å². The maximum atomic E-state index is 5.44. The normalized spacial score (nSPS) is 14.8. The summed E-state index contributed by atoms with van der Waals surface area (Å²) in [4.78, 5) is 15.9. The molecule has 3 heterocycles. The molecule has 69 heavy (non-hydrogen) atoms. The van der Waals surface area contributed by atoms with Crippen LogP contribution in [0.4, 0.5) is 0 Å². The lowest BCUT2D eigenvalue weighted by Crippen LogP contribution is -2.45. The number of hydrogen-bond donors (Lipinski definition) is 10. The highest BCUT2D eigenvalue weighted by atomic mass is 16.5. The first-order valence-electron chi connectivity index (χ1n) is 27.4. The minimum Gasteiger partial charge on any atom is -0.379 e. The molecule has 0 spiro atoms. The van der Waals surface area contributed by atoms with E-state index >= 15 is 0 Å². The topological polar surface area (TPSA) is 250 Å². The molecule has 0 aromatic heterocycles. The highest BCUT2D eigenvalue weighted by molar-refractivity contribution is 4.69. The van der Waals surface area contributed by atoms with Crippen LogP contribution in [0.25, 0.3) is 0 Å². The predicted molar refractivity (Wildman–Crippen MR) is 312 cm³/mol. The largest absolute Gasteiger partial charge is 0.379 e. The van der Waals surface area contributed by atoms with Crippen LogP contribution in [0, 0.1) is 0 Å². The van der Waals surface area contributed by atoms with Gasteiger partial charge in [-0.15, -0.1) is 0 Å². The minimum atomic E-state index is 0.757. The summed E-state index contributed by atoms with van der Waals surface area (Å²) in [5.41, 5.74) is 37.1. The highest BCUT2D eigenvalue weighted by Crippen LogP contribution is 2.06. The average molecular weight is 1000 g/mol. The Balaban J connectivity index is -0.000000125. The lowest BCUT2D eigenvalue weighted by Gasteiger charge is -2.31. The zero-order valence-electron chi connectivity index (χ0n) is 49.2. The van der Waals surface area contributed by atoms with E-state index in [1.807, 2.05) is 35.2 Å². The number of nitrogens with zero attached hydrogens (tertiary/aromatic N) is 7. The summed E-state index contributed by atoms with van der Waals surface area (Å²) in [7, 11) is 20.3. The van der Waals surface area contributed by atoms with Crippen LogP contribution in [0.2, 0.25) is 0 Å². The van der Waals surface area contributed by atoms with E-state index in [0.717, 1.165) is 144 Å². The van der Waals surface area contributed by atoms with E-state index in [4.69, 9.17) is 44.9 Å². The van der Waals surface area contributed by atoms with E-state index < -0.39 is 0 Å². The van der Waals surface area contributed by atoms with Gasteiger partial charge in [-0.05, 0) is 187 Å². The van der Waals surface area contributed by atoms with Crippen molar-refractivity contribution in [1.82, 2.24) is 50.2 Å². The number of ether oxygens (including phenoxy) is 1. The summed E-state index contributed by atoms with van der Waals surface area (Å²) in [5.74, 6) is 0. The molecule has 428 valence electrons. The van der Waals surface area contributed by atoms with E-state index in [-0.39, 0.29) is 0 Å². The molecule has 0 amide bonds. The molecule has 0 aromatic carbocycles. The molecule has 3 aliphatic heterocycles. The second-order valence-electron chi connectivity index (χ2n) is 18.1. The Morgan fingerprint density at radius 2 is 0.812 bits per heavy atom. The molecule has 0 saturated carbocycles. The van der Waals surface area contributed by atoms with Gasteiger partial charge in [0.25, 0.3) is 0 Å². The van der Waals surface area contributed by atoms with Gasteiger partial charge in [-0.3, -0.25) is 9.80 Å². The zero-order valence-corrected chi connectivity index (χ0v) is 49.2. The summed E-state index contributed by atoms with van der Waals surface area (Å²) < 4.78 is 5.16. The van der Waals surface area contributed by atoms with E-state index in [0.29, 0.717) is 0 Å². The predicted octanol–water partition coefficient (Wildman–Crippen LogP) is 1.18. The monoisotopic (exact) mass is 1000 g/mol. The van der Waals surface area contributed by atoms with Crippen LogP contribution in [-0.4, -0.2) is 275 Å². The molecule has 0 bridgehead atoms. The van der Waals surface area contributed by atoms with Crippen molar-refractivity contribution in [2.75, 3.05) is 241 Å². The second-order valence-corrected chi connectivity index (χ2v) is 18.1. The zero-order chi connectivity index (χ0) is 54.0. The van der Waals surface area contributed by atoms with Crippen LogP contribution in [0.15, 0.2) is 0 Å². The summed E-state index contributed by atoms with van der Waals surface area (Å²) in [6, 6.07) is 0. The minimum absolute atomic E-state index is 0.757. The van der Waals surface area contributed by atoms with Crippen molar-refractivity contribution in [2.24, 2.45) is 40.1 Å².